The summed E-state index contributed by atoms with van der Waals surface area (Å²) < 4.78 is 30.0. The second kappa shape index (κ2) is 7.90. The second-order valence-corrected chi connectivity index (χ2v) is 5.33. The summed E-state index contributed by atoms with van der Waals surface area (Å²) in [4.78, 5) is 11.8. The number of carbonyl (C=O) groups excluding carboxylic acids is 1. The highest BCUT2D eigenvalue weighted by molar-refractivity contribution is 5.91. The molecule has 0 aliphatic carbocycles. The highest BCUT2D eigenvalue weighted by atomic mass is 19.1. The van der Waals surface area contributed by atoms with Gasteiger partial charge in [-0.25, -0.2) is 4.39 Å². The topological polar surface area (TPSA) is 60.7 Å². The first-order valence-electron chi connectivity index (χ1n) is 7.72. The fraction of sp³-hybridized carbons (Fsp3) is 0.278. The number of nitrogens with one attached hydrogen (secondary N) is 1. The summed E-state index contributed by atoms with van der Waals surface area (Å²) in [6.45, 7) is 2.00. The van der Waals surface area contributed by atoms with Crippen molar-refractivity contribution < 1.29 is 23.1 Å². The SMILES string of the molecule is O=C(/C=C/c1ccc(-c2ccccc2F)o1)NCC1COCCO1. The third-order valence-electron chi connectivity index (χ3n) is 3.55. The summed E-state index contributed by atoms with van der Waals surface area (Å²) in [6.07, 6.45) is 2.79. The van der Waals surface area contributed by atoms with Crippen LogP contribution in [0.3, 0.4) is 0 Å². The van der Waals surface area contributed by atoms with Crippen molar-refractivity contribution in [3.63, 3.8) is 0 Å². The van der Waals surface area contributed by atoms with Gasteiger partial charge in [-0.2, -0.15) is 0 Å². The maximum atomic E-state index is 13.7. The summed E-state index contributed by atoms with van der Waals surface area (Å²) in [7, 11) is 0. The highest BCUT2D eigenvalue weighted by Gasteiger charge is 2.14. The molecule has 0 bridgehead atoms. The van der Waals surface area contributed by atoms with Crippen LogP contribution in [-0.2, 0) is 14.3 Å². The lowest BCUT2D eigenvalue weighted by Crippen LogP contribution is -2.39. The maximum Gasteiger partial charge on any atom is 0.244 e. The van der Waals surface area contributed by atoms with Gasteiger partial charge in [-0.1, -0.05) is 12.1 Å². The van der Waals surface area contributed by atoms with Crippen molar-refractivity contribution in [3.05, 3.63) is 54.1 Å². The van der Waals surface area contributed by atoms with Gasteiger partial charge < -0.3 is 19.2 Å². The molecular formula is C18H18FNO4. The van der Waals surface area contributed by atoms with Crippen LogP contribution in [0.5, 0.6) is 0 Å². The molecule has 1 N–H and O–H groups in total. The lowest BCUT2D eigenvalue weighted by atomic mass is 10.1. The average Bonchev–Trinajstić information content (AvgIpc) is 3.08. The molecule has 1 amide bonds. The van der Waals surface area contributed by atoms with Gasteiger partial charge in [0.05, 0.1) is 31.5 Å². The number of hydrogen-bond acceptors (Lipinski definition) is 4. The molecule has 2 aromatic rings. The third-order valence-corrected chi connectivity index (χ3v) is 3.55. The Morgan fingerprint density at radius 2 is 2.12 bits per heavy atom. The molecule has 1 aliphatic rings. The minimum Gasteiger partial charge on any atom is -0.457 e. The molecule has 5 nitrogen and oxygen atoms in total. The minimum atomic E-state index is -0.352. The van der Waals surface area contributed by atoms with Crippen LogP contribution in [0.2, 0.25) is 0 Å². The van der Waals surface area contributed by atoms with Crippen molar-refractivity contribution in [2.75, 3.05) is 26.4 Å². The number of benzene rings is 1. The number of furan rings is 1. The maximum absolute atomic E-state index is 13.7. The lowest BCUT2D eigenvalue weighted by molar-refractivity contribution is -0.119. The van der Waals surface area contributed by atoms with Crippen LogP contribution in [0.25, 0.3) is 17.4 Å². The predicted molar refractivity (Wildman–Crippen MR) is 86.7 cm³/mol. The van der Waals surface area contributed by atoms with E-state index in [0.29, 0.717) is 43.4 Å². The van der Waals surface area contributed by atoms with E-state index in [1.807, 2.05) is 0 Å². The van der Waals surface area contributed by atoms with E-state index < -0.39 is 0 Å². The summed E-state index contributed by atoms with van der Waals surface area (Å²) in [5.41, 5.74) is 0.385. The Morgan fingerprint density at radius 3 is 2.92 bits per heavy atom. The third kappa shape index (κ3) is 4.31. The van der Waals surface area contributed by atoms with Crippen LogP contribution in [0.15, 0.2) is 46.9 Å². The molecule has 0 radical (unpaired) electrons. The minimum absolute atomic E-state index is 0.118. The Labute approximate surface area is 139 Å². The molecular weight excluding hydrogens is 313 g/mol. The molecule has 1 aromatic carbocycles. The van der Waals surface area contributed by atoms with Crippen LogP contribution in [-0.4, -0.2) is 38.4 Å². The van der Waals surface area contributed by atoms with Crippen molar-refractivity contribution >= 4 is 12.0 Å². The summed E-state index contributed by atoms with van der Waals surface area (Å²) in [6, 6.07) is 9.72. The Balaban J connectivity index is 1.55. The van der Waals surface area contributed by atoms with Crippen molar-refractivity contribution in [1.82, 2.24) is 5.32 Å². The van der Waals surface area contributed by atoms with Gasteiger partial charge in [0.2, 0.25) is 5.91 Å². The van der Waals surface area contributed by atoms with Crippen molar-refractivity contribution in [3.8, 4) is 11.3 Å². The Hall–Kier alpha value is -2.44. The summed E-state index contributed by atoms with van der Waals surface area (Å²) in [5.74, 6) is 0.282. The van der Waals surface area contributed by atoms with E-state index >= 15 is 0 Å². The number of halogens is 1. The van der Waals surface area contributed by atoms with E-state index in [1.54, 1.807) is 30.3 Å². The number of hydrogen-bond donors (Lipinski definition) is 1. The van der Waals surface area contributed by atoms with E-state index in [-0.39, 0.29) is 17.8 Å². The van der Waals surface area contributed by atoms with Gasteiger partial charge in [0, 0.05) is 12.6 Å². The first-order chi connectivity index (χ1) is 11.7. The molecule has 1 aromatic heterocycles. The second-order valence-electron chi connectivity index (χ2n) is 5.33. The molecule has 3 rings (SSSR count). The number of amides is 1. The molecule has 1 unspecified atom stereocenters. The fourth-order valence-corrected chi connectivity index (χ4v) is 2.33. The van der Waals surface area contributed by atoms with Crippen LogP contribution >= 0.6 is 0 Å². The van der Waals surface area contributed by atoms with E-state index in [2.05, 4.69) is 5.32 Å². The lowest BCUT2D eigenvalue weighted by Gasteiger charge is -2.22. The molecule has 126 valence electrons. The number of ether oxygens (including phenoxy) is 2. The molecule has 1 aliphatic heterocycles. The van der Waals surface area contributed by atoms with Crippen LogP contribution in [0, 0.1) is 5.82 Å². The van der Waals surface area contributed by atoms with Crippen molar-refractivity contribution in [2.45, 2.75) is 6.10 Å². The van der Waals surface area contributed by atoms with E-state index in [4.69, 9.17) is 13.9 Å². The van der Waals surface area contributed by atoms with E-state index in [9.17, 15) is 9.18 Å². The zero-order valence-corrected chi connectivity index (χ0v) is 13.0. The van der Waals surface area contributed by atoms with Gasteiger partial charge in [-0.15, -0.1) is 0 Å². The first-order valence-corrected chi connectivity index (χ1v) is 7.72. The predicted octanol–water partition coefficient (Wildman–Crippen LogP) is 2.63. The van der Waals surface area contributed by atoms with Gasteiger partial charge in [-0.05, 0) is 30.3 Å². The van der Waals surface area contributed by atoms with Crippen LogP contribution < -0.4 is 5.32 Å². The summed E-state index contributed by atoms with van der Waals surface area (Å²) >= 11 is 0. The first kappa shape index (κ1) is 16.4. The standard InChI is InChI=1S/C18H18FNO4/c19-16-4-2-1-3-15(16)17-7-5-13(24-17)6-8-18(21)20-11-14-12-22-9-10-23-14/h1-8,14H,9-12H2,(H,20,21)/b8-6+. The fourth-order valence-electron chi connectivity index (χ4n) is 2.33. The molecule has 2 heterocycles. The monoisotopic (exact) mass is 331 g/mol. The van der Waals surface area contributed by atoms with Crippen molar-refractivity contribution in [2.24, 2.45) is 0 Å². The van der Waals surface area contributed by atoms with E-state index in [1.165, 1.54) is 18.2 Å². The van der Waals surface area contributed by atoms with Crippen LogP contribution in [0.1, 0.15) is 5.76 Å². The van der Waals surface area contributed by atoms with Gasteiger partial charge in [0.15, 0.2) is 0 Å². The average molecular weight is 331 g/mol. The molecule has 0 spiro atoms. The summed E-state index contributed by atoms with van der Waals surface area (Å²) in [5, 5.41) is 2.74. The zero-order valence-electron chi connectivity index (χ0n) is 13.0. The number of rotatable bonds is 5. The van der Waals surface area contributed by atoms with Gasteiger partial charge in [0.1, 0.15) is 17.3 Å². The molecule has 6 heteroatoms. The van der Waals surface area contributed by atoms with Crippen LogP contribution in [0.4, 0.5) is 4.39 Å². The highest BCUT2D eigenvalue weighted by Crippen LogP contribution is 2.25. The molecule has 24 heavy (non-hydrogen) atoms. The number of carbonyl (C=O) groups is 1. The molecule has 1 atom stereocenters. The smallest absolute Gasteiger partial charge is 0.244 e. The van der Waals surface area contributed by atoms with Gasteiger partial charge in [-0.3, -0.25) is 4.79 Å². The van der Waals surface area contributed by atoms with E-state index in [0.717, 1.165) is 0 Å². The molecule has 1 saturated heterocycles. The quantitative estimate of drug-likeness (QED) is 0.856. The normalized spacial score (nSPS) is 18.0. The van der Waals surface area contributed by atoms with Gasteiger partial charge in [0.25, 0.3) is 0 Å². The van der Waals surface area contributed by atoms with Gasteiger partial charge >= 0.3 is 0 Å². The Kier molecular flexibility index (Phi) is 5.40. The molecule has 0 saturated carbocycles. The Morgan fingerprint density at radius 1 is 1.25 bits per heavy atom. The Bertz CT molecular complexity index is 719. The molecule has 1 fully saturated rings. The van der Waals surface area contributed by atoms with Crippen molar-refractivity contribution in [1.29, 1.82) is 0 Å². The largest absolute Gasteiger partial charge is 0.457 e. The zero-order chi connectivity index (χ0) is 16.8.